The molecule has 2 N–H and O–H groups in total. The molecule has 0 bridgehead atoms. The van der Waals surface area contributed by atoms with Crippen molar-refractivity contribution in [2.24, 2.45) is 0 Å². The second-order valence-corrected chi connectivity index (χ2v) is 3.25. The molecular formula is C11H10FN3O. The summed E-state index contributed by atoms with van der Waals surface area (Å²) in [5.74, 6) is -0.288. The minimum Gasteiger partial charge on any atom is -0.436 e. The fourth-order valence-electron chi connectivity index (χ4n) is 1.21. The first kappa shape index (κ1) is 10.4. The molecule has 0 aliphatic carbocycles. The minimum absolute atomic E-state index is 0.0232. The molecule has 0 radical (unpaired) electrons. The van der Waals surface area contributed by atoms with Crippen LogP contribution in [-0.2, 0) is 0 Å². The summed E-state index contributed by atoms with van der Waals surface area (Å²) in [6.45, 7) is 1.86. The largest absolute Gasteiger partial charge is 0.436 e. The van der Waals surface area contributed by atoms with Crippen LogP contribution >= 0.6 is 0 Å². The first-order valence-electron chi connectivity index (χ1n) is 4.68. The van der Waals surface area contributed by atoms with Gasteiger partial charge in [0.25, 0.3) is 5.88 Å². The van der Waals surface area contributed by atoms with Gasteiger partial charge >= 0.3 is 0 Å². The van der Waals surface area contributed by atoms with Crippen LogP contribution < -0.4 is 10.5 Å². The highest BCUT2D eigenvalue weighted by atomic mass is 19.1. The molecule has 0 aliphatic heterocycles. The van der Waals surface area contributed by atoms with E-state index in [9.17, 15) is 4.39 Å². The number of benzene rings is 1. The molecule has 2 aromatic rings. The highest BCUT2D eigenvalue weighted by molar-refractivity contribution is 5.35. The van der Waals surface area contributed by atoms with Gasteiger partial charge in [-0.05, 0) is 18.6 Å². The lowest BCUT2D eigenvalue weighted by Gasteiger charge is -2.07. The van der Waals surface area contributed by atoms with Crippen molar-refractivity contribution < 1.29 is 9.13 Å². The predicted molar refractivity (Wildman–Crippen MR) is 57.7 cm³/mol. The molecule has 1 heterocycles. The first-order chi connectivity index (χ1) is 7.66. The molecule has 0 atom stereocenters. The highest BCUT2D eigenvalue weighted by Gasteiger charge is 2.09. The third-order valence-corrected chi connectivity index (χ3v) is 2.03. The van der Waals surface area contributed by atoms with Gasteiger partial charge in [0.2, 0.25) is 11.8 Å². The Hall–Kier alpha value is -2.17. The van der Waals surface area contributed by atoms with Crippen LogP contribution in [0.15, 0.2) is 30.5 Å². The van der Waals surface area contributed by atoms with Crippen molar-refractivity contribution in [3.05, 3.63) is 41.8 Å². The zero-order valence-corrected chi connectivity index (χ0v) is 8.64. The standard InChI is InChI=1S/C11H10FN3O/c1-7-4-2-3-5-9(7)16-10-8(12)6-14-11(13)15-10/h2-6H,1H3,(H2,13,14,15). The molecule has 0 aliphatic rings. The molecule has 1 aromatic carbocycles. The Morgan fingerprint density at radius 2 is 2.06 bits per heavy atom. The van der Waals surface area contributed by atoms with Crippen LogP contribution in [0.1, 0.15) is 5.56 Å². The summed E-state index contributed by atoms with van der Waals surface area (Å²) < 4.78 is 18.6. The molecule has 16 heavy (non-hydrogen) atoms. The summed E-state index contributed by atoms with van der Waals surface area (Å²) in [4.78, 5) is 7.19. The van der Waals surface area contributed by atoms with E-state index in [4.69, 9.17) is 10.5 Å². The molecule has 0 saturated heterocycles. The SMILES string of the molecule is Cc1ccccc1Oc1nc(N)ncc1F. The molecule has 1 aromatic heterocycles. The van der Waals surface area contributed by atoms with Crippen molar-refractivity contribution in [1.82, 2.24) is 9.97 Å². The van der Waals surface area contributed by atoms with Crippen LogP contribution in [0.3, 0.4) is 0 Å². The van der Waals surface area contributed by atoms with E-state index in [-0.39, 0.29) is 11.8 Å². The van der Waals surface area contributed by atoms with Crippen molar-refractivity contribution in [3.63, 3.8) is 0 Å². The number of aryl methyl sites for hydroxylation is 1. The Morgan fingerprint density at radius 1 is 1.31 bits per heavy atom. The lowest BCUT2D eigenvalue weighted by molar-refractivity contribution is 0.418. The fourth-order valence-corrected chi connectivity index (χ4v) is 1.21. The van der Waals surface area contributed by atoms with Gasteiger partial charge in [-0.2, -0.15) is 9.37 Å². The van der Waals surface area contributed by atoms with Crippen LogP contribution in [0.4, 0.5) is 10.3 Å². The lowest BCUT2D eigenvalue weighted by atomic mass is 10.2. The van der Waals surface area contributed by atoms with Gasteiger partial charge in [-0.25, -0.2) is 4.98 Å². The second kappa shape index (κ2) is 4.14. The number of anilines is 1. The molecule has 5 heteroatoms. The number of rotatable bonds is 2. The average Bonchev–Trinajstić information content (AvgIpc) is 2.27. The molecule has 0 amide bonds. The van der Waals surface area contributed by atoms with E-state index in [0.29, 0.717) is 5.75 Å². The Bertz CT molecular complexity index is 516. The Kier molecular flexibility index (Phi) is 2.68. The zero-order valence-electron chi connectivity index (χ0n) is 8.64. The van der Waals surface area contributed by atoms with Gasteiger partial charge in [-0.15, -0.1) is 0 Å². The van der Waals surface area contributed by atoms with E-state index in [1.807, 2.05) is 19.1 Å². The van der Waals surface area contributed by atoms with Gasteiger partial charge in [-0.1, -0.05) is 18.2 Å². The van der Waals surface area contributed by atoms with Crippen LogP contribution in [-0.4, -0.2) is 9.97 Å². The monoisotopic (exact) mass is 219 g/mol. The number of hydrogen-bond donors (Lipinski definition) is 1. The van der Waals surface area contributed by atoms with Crippen molar-refractivity contribution in [3.8, 4) is 11.6 Å². The van der Waals surface area contributed by atoms with Crippen molar-refractivity contribution in [2.75, 3.05) is 5.73 Å². The minimum atomic E-state index is -0.641. The molecular weight excluding hydrogens is 209 g/mol. The summed E-state index contributed by atoms with van der Waals surface area (Å²) in [7, 11) is 0. The van der Waals surface area contributed by atoms with Crippen LogP contribution in [0.5, 0.6) is 11.6 Å². The van der Waals surface area contributed by atoms with Crippen LogP contribution in [0.2, 0.25) is 0 Å². The maximum absolute atomic E-state index is 13.3. The predicted octanol–water partition coefficient (Wildman–Crippen LogP) is 2.30. The molecule has 2 rings (SSSR count). The normalized spacial score (nSPS) is 10.1. The van der Waals surface area contributed by atoms with Gasteiger partial charge in [0.05, 0.1) is 6.20 Å². The van der Waals surface area contributed by atoms with Gasteiger partial charge in [0, 0.05) is 0 Å². The number of aromatic nitrogens is 2. The maximum atomic E-state index is 13.3. The molecule has 0 unspecified atom stereocenters. The topological polar surface area (TPSA) is 61.0 Å². The number of hydrogen-bond acceptors (Lipinski definition) is 4. The van der Waals surface area contributed by atoms with Gasteiger partial charge in [-0.3, -0.25) is 0 Å². The Morgan fingerprint density at radius 3 is 2.81 bits per heavy atom. The van der Waals surface area contributed by atoms with Gasteiger partial charge < -0.3 is 10.5 Å². The van der Waals surface area contributed by atoms with E-state index in [0.717, 1.165) is 11.8 Å². The number of nitrogens with two attached hydrogens (primary N) is 1. The van der Waals surface area contributed by atoms with Crippen LogP contribution in [0.25, 0.3) is 0 Å². The summed E-state index contributed by atoms with van der Waals surface area (Å²) in [5, 5.41) is 0. The summed E-state index contributed by atoms with van der Waals surface area (Å²) >= 11 is 0. The number of halogens is 1. The number of nitrogen functional groups attached to an aromatic ring is 1. The lowest BCUT2D eigenvalue weighted by Crippen LogP contribution is -1.99. The number of nitrogens with zero attached hydrogens (tertiary/aromatic N) is 2. The number of ether oxygens (including phenoxy) is 1. The third kappa shape index (κ3) is 2.08. The smallest absolute Gasteiger partial charge is 0.260 e. The van der Waals surface area contributed by atoms with Crippen LogP contribution in [0, 0.1) is 12.7 Å². The Labute approximate surface area is 91.9 Å². The van der Waals surface area contributed by atoms with Crippen molar-refractivity contribution in [2.45, 2.75) is 6.92 Å². The van der Waals surface area contributed by atoms with E-state index in [1.54, 1.807) is 12.1 Å². The summed E-state index contributed by atoms with van der Waals surface area (Å²) in [6, 6.07) is 7.25. The first-order valence-corrected chi connectivity index (χ1v) is 4.68. The molecule has 4 nitrogen and oxygen atoms in total. The van der Waals surface area contributed by atoms with E-state index in [1.165, 1.54) is 0 Å². The highest BCUT2D eigenvalue weighted by Crippen LogP contribution is 2.24. The van der Waals surface area contributed by atoms with E-state index >= 15 is 0 Å². The maximum Gasteiger partial charge on any atom is 0.260 e. The summed E-state index contributed by atoms with van der Waals surface area (Å²) in [6.07, 6.45) is 0.982. The average molecular weight is 219 g/mol. The molecule has 0 saturated carbocycles. The third-order valence-electron chi connectivity index (χ3n) is 2.03. The Balaban J connectivity index is 2.34. The van der Waals surface area contributed by atoms with E-state index in [2.05, 4.69) is 9.97 Å². The van der Waals surface area contributed by atoms with Gasteiger partial charge in [0.15, 0.2) is 0 Å². The molecule has 0 spiro atoms. The quantitative estimate of drug-likeness (QED) is 0.841. The van der Waals surface area contributed by atoms with Crippen molar-refractivity contribution in [1.29, 1.82) is 0 Å². The molecule has 0 fully saturated rings. The summed E-state index contributed by atoms with van der Waals surface area (Å²) in [5.41, 5.74) is 6.24. The van der Waals surface area contributed by atoms with Crippen molar-refractivity contribution >= 4 is 5.95 Å². The fraction of sp³-hybridized carbons (Fsp3) is 0.0909. The molecule has 82 valence electrons. The van der Waals surface area contributed by atoms with E-state index < -0.39 is 5.82 Å². The zero-order chi connectivity index (χ0) is 11.5. The van der Waals surface area contributed by atoms with Gasteiger partial charge in [0.1, 0.15) is 5.75 Å². The number of para-hydroxylation sites is 1. The second-order valence-electron chi connectivity index (χ2n) is 3.25.